The molecule has 2 heterocycles. The lowest BCUT2D eigenvalue weighted by Crippen LogP contribution is -2.21. The van der Waals surface area contributed by atoms with Gasteiger partial charge in [-0.25, -0.2) is 0 Å². The van der Waals surface area contributed by atoms with Crippen LogP contribution in [-0.4, -0.2) is 16.0 Å². The molecule has 0 fully saturated rings. The van der Waals surface area contributed by atoms with E-state index < -0.39 is 0 Å². The molecule has 0 atom stereocenters. The summed E-state index contributed by atoms with van der Waals surface area (Å²) in [4.78, 5) is 16.9. The Morgan fingerprint density at radius 1 is 1.35 bits per heavy atom. The van der Waals surface area contributed by atoms with Crippen molar-refractivity contribution in [2.75, 3.05) is 6.61 Å². The number of rotatable bonds is 5. The van der Waals surface area contributed by atoms with Gasteiger partial charge in [0.1, 0.15) is 11.7 Å². The number of hydrogen-bond donors (Lipinski definition) is 0. The van der Waals surface area contributed by atoms with Gasteiger partial charge in [0.2, 0.25) is 5.88 Å². The van der Waals surface area contributed by atoms with Gasteiger partial charge in [-0.1, -0.05) is 20.3 Å². The second-order valence-corrected chi connectivity index (χ2v) is 4.56. The Bertz CT molecular complexity index is 713. The summed E-state index contributed by atoms with van der Waals surface area (Å²) < 4.78 is 7.01. The second kappa shape index (κ2) is 6.20. The smallest absolute Gasteiger partial charge is 0.264 e. The van der Waals surface area contributed by atoms with Crippen molar-refractivity contribution in [1.82, 2.24) is 9.38 Å². The van der Waals surface area contributed by atoms with Crippen molar-refractivity contribution in [3.63, 3.8) is 0 Å². The molecule has 0 aromatic carbocycles. The molecule has 0 aliphatic heterocycles. The van der Waals surface area contributed by atoms with E-state index in [1.54, 1.807) is 12.1 Å². The van der Waals surface area contributed by atoms with Gasteiger partial charge in [0.15, 0.2) is 0 Å². The quantitative estimate of drug-likeness (QED) is 0.836. The highest BCUT2D eigenvalue weighted by atomic mass is 16.5. The fraction of sp³-hybridized carbons (Fsp3) is 0.400. The first-order chi connectivity index (χ1) is 9.71. The zero-order valence-corrected chi connectivity index (χ0v) is 11.7. The van der Waals surface area contributed by atoms with Crippen LogP contribution in [0.4, 0.5) is 0 Å². The van der Waals surface area contributed by atoms with E-state index in [4.69, 9.17) is 10.00 Å². The van der Waals surface area contributed by atoms with E-state index in [0.29, 0.717) is 35.7 Å². The largest absolute Gasteiger partial charge is 0.477 e. The van der Waals surface area contributed by atoms with Gasteiger partial charge in [-0.3, -0.25) is 9.20 Å². The van der Waals surface area contributed by atoms with Gasteiger partial charge in [-0.15, -0.1) is 0 Å². The molecule has 20 heavy (non-hydrogen) atoms. The van der Waals surface area contributed by atoms with Crippen molar-refractivity contribution in [1.29, 1.82) is 5.26 Å². The van der Waals surface area contributed by atoms with Gasteiger partial charge in [0, 0.05) is 6.20 Å². The molecular weight excluding hydrogens is 254 g/mol. The van der Waals surface area contributed by atoms with Crippen LogP contribution in [0, 0.1) is 11.3 Å². The number of pyridine rings is 1. The number of aromatic nitrogens is 2. The lowest BCUT2D eigenvalue weighted by atomic mass is 10.2. The summed E-state index contributed by atoms with van der Waals surface area (Å²) in [5, 5.41) is 8.92. The highest BCUT2D eigenvalue weighted by molar-refractivity contribution is 5.46. The highest BCUT2D eigenvalue weighted by Gasteiger charge is 2.13. The van der Waals surface area contributed by atoms with Crippen LogP contribution in [0.1, 0.15) is 37.8 Å². The maximum Gasteiger partial charge on any atom is 0.264 e. The lowest BCUT2D eigenvalue weighted by Gasteiger charge is -2.11. The molecule has 0 bridgehead atoms. The van der Waals surface area contributed by atoms with Crippen LogP contribution in [0.3, 0.4) is 0 Å². The van der Waals surface area contributed by atoms with E-state index in [9.17, 15) is 4.79 Å². The zero-order chi connectivity index (χ0) is 14.5. The van der Waals surface area contributed by atoms with Crippen LogP contribution in [0.5, 0.6) is 5.88 Å². The molecule has 104 valence electrons. The molecule has 0 N–H and O–H groups in total. The number of ether oxygens (including phenoxy) is 1. The van der Waals surface area contributed by atoms with E-state index in [-0.39, 0.29) is 5.56 Å². The normalized spacial score (nSPS) is 10.4. The number of fused-ring (bicyclic) bond motifs is 1. The molecule has 5 nitrogen and oxygen atoms in total. The fourth-order valence-corrected chi connectivity index (χ4v) is 2.00. The third-order valence-electron chi connectivity index (χ3n) is 2.95. The maximum atomic E-state index is 12.5. The first kappa shape index (κ1) is 14.1. The summed E-state index contributed by atoms with van der Waals surface area (Å²) in [6.07, 6.45) is 3.83. The minimum atomic E-state index is -0.153. The van der Waals surface area contributed by atoms with Gasteiger partial charge in [0.05, 0.1) is 17.7 Å². The molecule has 2 rings (SSSR count). The van der Waals surface area contributed by atoms with Gasteiger partial charge in [-0.2, -0.15) is 10.2 Å². The standard InChI is InChI=1S/C15H17N3O2/c1-3-5-12-14(20-8-4-2)17-13-7-6-11(9-16)10-18(13)15(12)19/h6-7,10H,3-5,8H2,1-2H3. The van der Waals surface area contributed by atoms with E-state index in [1.165, 1.54) is 10.6 Å². The Balaban J connectivity index is 2.65. The molecule has 5 heteroatoms. The number of hydrogen-bond acceptors (Lipinski definition) is 4. The van der Waals surface area contributed by atoms with E-state index in [1.807, 2.05) is 19.9 Å². The first-order valence-electron chi connectivity index (χ1n) is 6.79. The molecule has 0 spiro atoms. The van der Waals surface area contributed by atoms with Crippen LogP contribution in [0.15, 0.2) is 23.1 Å². The second-order valence-electron chi connectivity index (χ2n) is 4.56. The van der Waals surface area contributed by atoms with Gasteiger partial charge < -0.3 is 4.74 Å². The van der Waals surface area contributed by atoms with E-state index in [2.05, 4.69) is 4.98 Å². The summed E-state index contributed by atoms with van der Waals surface area (Å²) in [5.74, 6) is 0.420. The predicted octanol–water partition coefficient (Wildman–Crippen LogP) is 2.31. The van der Waals surface area contributed by atoms with Gasteiger partial charge >= 0.3 is 0 Å². The third-order valence-corrected chi connectivity index (χ3v) is 2.95. The summed E-state index contributed by atoms with van der Waals surface area (Å²) >= 11 is 0. The molecule has 2 aromatic rings. The van der Waals surface area contributed by atoms with Crippen molar-refractivity contribution in [3.05, 3.63) is 39.8 Å². The molecule has 0 saturated heterocycles. The van der Waals surface area contributed by atoms with Crippen molar-refractivity contribution in [3.8, 4) is 11.9 Å². The SMILES string of the molecule is CCCOc1nc2ccc(C#N)cn2c(=O)c1CCC. The van der Waals surface area contributed by atoms with Crippen molar-refractivity contribution in [2.24, 2.45) is 0 Å². The lowest BCUT2D eigenvalue weighted by molar-refractivity contribution is 0.301. The average molecular weight is 271 g/mol. The van der Waals surface area contributed by atoms with Crippen molar-refractivity contribution < 1.29 is 4.74 Å². The molecule has 0 saturated carbocycles. The zero-order valence-electron chi connectivity index (χ0n) is 11.7. The Kier molecular flexibility index (Phi) is 4.36. The van der Waals surface area contributed by atoms with Gasteiger partial charge in [0.25, 0.3) is 5.56 Å². The summed E-state index contributed by atoms with van der Waals surface area (Å²) in [6.45, 7) is 4.55. The Morgan fingerprint density at radius 2 is 2.15 bits per heavy atom. The number of nitrogens with zero attached hydrogens (tertiary/aromatic N) is 3. The minimum Gasteiger partial charge on any atom is -0.477 e. The Morgan fingerprint density at radius 3 is 2.80 bits per heavy atom. The van der Waals surface area contributed by atoms with Gasteiger partial charge in [-0.05, 0) is 25.0 Å². The highest BCUT2D eigenvalue weighted by Crippen LogP contribution is 2.15. The Hall–Kier alpha value is -2.35. The minimum absolute atomic E-state index is 0.153. The van der Waals surface area contributed by atoms with Crippen LogP contribution < -0.4 is 10.3 Å². The van der Waals surface area contributed by atoms with E-state index in [0.717, 1.165) is 12.8 Å². The van der Waals surface area contributed by atoms with E-state index >= 15 is 0 Å². The number of nitriles is 1. The Labute approximate surface area is 117 Å². The van der Waals surface area contributed by atoms with Crippen LogP contribution in [0.2, 0.25) is 0 Å². The summed E-state index contributed by atoms with van der Waals surface area (Å²) in [7, 11) is 0. The van der Waals surface area contributed by atoms with Crippen molar-refractivity contribution >= 4 is 5.65 Å². The first-order valence-corrected chi connectivity index (χ1v) is 6.79. The summed E-state index contributed by atoms with van der Waals surface area (Å²) in [5.41, 5.74) is 1.36. The molecule has 0 unspecified atom stereocenters. The topological polar surface area (TPSA) is 67.4 Å². The maximum absolute atomic E-state index is 12.5. The molecule has 0 radical (unpaired) electrons. The molecule has 0 amide bonds. The molecule has 2 aromatic heterocycles. The molecule has 0 aliphatic carbocycles. The summed E-state index contributed by atoms with van der Waals surface area (Å²) in [6, 6.07) is 5.33. The molecular formula is C15H17N3O2. The van der Waals surface area contributed by atoms with Crippen LogP contribution in [-0.2, 0) is 6.42 Å². The van der Waals surface area contributed by atoms with Crippen LogP contribution in [0.25, 0.3) is 5.65 Å². The van der Waals surface area contributed by atoms with Crippen LogP contribution >= 0.6 is 0 Å². The predicted molar refractivity (Wildman–Crippen MR) is 76.0 cm³/mol. The van der Waals surface area contributed by atoms with Crippen molar-refractivity contribution in [2.45, 2.75) is 33.1 Å². The monoisotopic (exact) mass is 271 g/mol. The third kappa shape index (κ3) is 2.64. The fourth-order valence-electron chi connectivity index (χ4n) is 2.00. The molecule has 0 aliphatic rings. The average Bonchev–Trinajstić information content (AvgIpc) is 2.48.